The number of H-pyrrole nitrogens is 1. The fraction of sp³-hybridized carbons (Fsp3) is 0.524. The van der Waals surface area contributed by atoms with Gasteiger partial charge in [-0.1, -0.05) is 13.8 Å². The van der Waals surface area contributed by atoms with Crippen LogP contribution in [0.25, 0.3) is 11.4 Å². The van der Waals surface area contributed by atoms with Gasteiger partial charge in [0.1, 0.15) is 17.7 Å². The van der Waals surface area contributed by atoms with Crippen LogP contribution in [0.1, 0.15) is 62.9 Å². The molecule has 0 saturated carbocycles. The van der Waals surface area contributed by atoms with Crippen molar-refractivity contribution in [1.82, 2.24) is 14.7 Å². The molecule has 1 aliphatic rings. The zero-order valence-corrected chi connectivity index (χ0v) is 18.6. The SMILES string of the molecule is CC(C)c1[nH]c(-c2ccc(F)cc2)nc1C(CC[C@@H]1C[C@@H](O)CC(=O)O1)NS(C)(=O)=O. The fourth-order valence-corrected chi connectivity index (χ4v) is 4.50. The van der Waals surface area contributed by atoms with Crippen molar-refractivity contribution in [3.8, 4) is 11.4 Å². The maximum Gasteiger partial charge on any atom is 0.308 e. The van der Waals surface area contributed by atoms with Crippen LogP contribution in [-0.4, -0.2) is 47.9 Å². The second-order valence-corrected chi connectivity index (χ2v) is 10.1. The van der Waals surface area contributed by atoms with Crippen molar-refractivity contribution in [2.45, 2.75) is 63.7 Å². The summed E-state index contributed by atoms with van der Waals surface area (Å²) in [5, 5.41) is 9.83. The molecule has 31 heavy (non-hydrogen) atoms. The average molecular weight is 454 g/mol. The number of cyclic esters (lactones) is 1. The summed E-state index contributed by atoms with van der Waals surface area (Å²) in [6.07, 6.45) is 0.812. The van der Waals surface area contributed by atoms with E-state index in [0.717, 1.165) is 11.9 Å². The third-order valence-electron chi connectivity index (χ3n) is 5.16. The van der Waals surface area contributed by atoms with Gasteiger partial charge in [0, 0.05) is 17.7 Å². The molecule has 0 spiro atoms. The van der Waals surface area contributed by atoms with Crippen LogP contribution < -0.4 is 4.72 Å². The quantitative estimate of drug-likeness (QED) is 0.529. The summed E-state index contributed by atoms with van der Waals surface area (Å²) >= 11 is 0. The standard InChI is InChI=1S/C21H28FN3O5S/c1-12(2)19-20(24-21(23-19)13-4-6-14(22)7-5-13)17(25-31(3,28)29)9-8-16-10-15(26)11-18(27)30-16/h4-7,12,15-17,25-26H,8-11H2,1-3H3,(H,23,24)/t15-,16-,17?/m1/s1. The second kappa shape index (κ2) is 9.46. The van der Waals surface area contributed by atoms with Gasteiger partial charge in [-0.15, -0.1) is 0 Å². The van der Waals surface area contributed by atoms with E-state index in [2.05, 4.69) is 14.7 Å². The van der Waals surface area contributed by atoms with Gasteiger partial charge in [-0.25, -0.2) is 22.5 Å². The van der Waals surface area contributed by atoms with Crippen molar-refractivity contribution < 1.29 is 27.4 Å². The molecular weight excluding hydrogens is 425 g/mol. The highest BCUT2D eigenvalue weighted by Crippen LogP contribution is 2.31. The monoisotopic (exact) mass is 453 g/mol. The second-order valence-electron chi connectivity index (χ2n) is 8.27. The molecule has 0 amide bonds. The van der Waals surface area contributed by atoms with Gasteiger partial charge in [0.05, 0.1) is 30.5 Å². The van der Waals surface area contributed by atoms with Crippen molar-refractivity contribution in [3.05, 3.63) is 41.5 Å². The molecule has 10 heteroatoms. The summed E-state index contributed by atoms with van der Waals surface area (Å²) in [7, 11) is -3.56. The minimum atomic E-state index is -3.56. The number of nitrogens with zero attached hydrogens (tertiary/aromatic N) is 1. The number of carbonyl (C=O) groups is 1. The lowest BCUT2D eigenvalue weighted by molar-refractivity contribution is -0.160. The van der Waals surface area contributed by atoms with Crippen molar-refractivity contribution >= 4 is 16.0 Å². The number of hydrogen-bond donors (Lipinski definition) is 3. The van der Waals surface area contributed by atoms with E-state index in [1.807, 2.05) is 13.8 Å². The van der Waals surface area contributed by atoms with E-state index in [0.29, 0.717) is 36.3 Å². The molecule has 2 aromatic rings. The van der Waals surface area contributed by atoms with Gasteiger partial charge in [-0.3, -0.25) is 4.79 Å². The normalized spacial score (nSPS) is 20.6. The lowest BCUT2D eigenvalue weighted by Gasteiger charge is -2.27. The number of aliphatic hydroxyl groups excluding tert-OH is 1. The van der Waals surface area contributed by atoms with E-state index in [-0.39, 0.29) is 18.2 Å². The first-order valence-corrected chi connectivity index (χ1v) is 12.1. The summed E-state index contributed by atoms with van der Waals surface area (Å²) in [5.41, 5.74) is 1.99. The van der Waals surface area contributed by atoms with E-state index in [1.54, 1.807) is 12.1 Å². The van der Waals surface area contributed by atoms with Crippen LogP contribution in [0.15, 0.2) is 24.3 Å². The Hall–Kier alpha value is -2.30. The Bertz CT molecular complexity index is 1020. The molecule has 8 nitrogen and oxygen atoms in total. The van der Waals surface area contributed by atoms with E-state index in [1.165, 1.54) is 12.1 Å². The number of esters is 1. The third kappa shape index (κ3) is 6.34. The lowest BCUT2D eigenvalue weighted by Crippen LogP contribution is -2.34. The number of aromatic nitrogens is 2. The Kier molecular flexibility index (Phi) is 7.13. The number of benzene rings is 1. The number of aliphatic hydroxyl groups is 1. The van der Waals surface area contributed by atoms with Crippen molar-refractivity contribution in [1.29, 1.82) is 0 Å². The first-order chi connectivity index (χ1) is 14.5. The molecule has 1 aliphatic heterocycles. The summed E-state index contributed by atoms with van der Waals surface area (Å²) in [6, 6.07) is 5.22. The molecule has 1 aromatic heterocycles. The molecule has 3 N–H and O–H groups in total. The Morgan fingerprint density at radius 2 is 2.00 bits per heavy atom. The third-order valence-corrected chi connectivity index (χ3v) is 5.87. The minimum Gasteiger partial charge on any atom is -0.462 e. The van der Waals surface area contributed by atoms with Gasteiger partial charge < -0.3 is 14.8 Å². The topological polar surface area (TPSA) is 121 Å². The predicted octanol–water partition coefficient (Wildman–Crippen LogP) is 2.78. The first kappa shape index (κ1) is 23.4. The largest absolute Gasteiger partial charge is 0.462 e. The van der Waals surface area contributed by atoms with Gasteiger partial charge in [-0.2, -0.15) is 0 Å². The van der Waals surface area contributed by atoms with E-state index < -0.39 is 34.2 Å². The number of carbonyl (C=O) groups excluding carboxylic acids is 1. The van der Waals surface area contributed by atoms with Crippen LogP contribution in [-0.2, 0) is 19.6 Å². The molecule has 3 atom stereocenters. The van der Waals surface area contributed by atoms with Gasteiger partial charge in [-0.05, 0) is 43.0 Å². The molecule has 1 fully saturated rings. The number of sulfonamides is 1. The Balaban J connectivity index is 1.90. The van der Waals surface area contributed by atoms with Crippen LogP contribution in [0.3, 0.4) is 0 Å². The van der Waals surface area contributed by atoms with Gasteiger partial charge >= 0.3 is 5.97 Å². The number of halogens is 1. The molecule has 1 unspecified atom stereocenters. The average Bonchev–Trinajstić information content (AvgIpc) is 3.10. The van der Waals surface area contributed by atoms with Crippen LogP contribution in [0.5, 0.6) is 0 Å². The van der Waals surface area contributed by atoms with Crippen LogP contribution in [0.4, 0.5) is 4.39 Å². The van der Waals surface area contributed by atoms with Crippen molar-refractivity contribution in [2.24, 2.45) is 0 Å². The number of aromatic amines is 1. The number of rotatable bonds is 8. The maximum atomic E-state index is 13.3. The number of hydrogen-bond acceptors (Lipinski definition) is 6. The number of ether oxygens (including phenoxy) is 1. The zero-order chi connectivity index (χ0) is 22.8. The molecule has 1 aromatic carbocycles. The van der Waals surface area contributed by atoms with Gasteiger partial charge in [0.15, 0.2) is 0 Å². The van der Waals surface area contributed by atoms with Crippen LogP contribution in [0, 0.1) is 5.82 Å². The zero-order valence-electron chi connectivity index (χ0n) is 17.8. The predicted molar refractivity (Wildman–Crippen MR) is 113 cm³/mol. The van der Waals surface area contributed by atoms with Crippen molar-refractivity contribution in [3.63, 3.8) is 0 Å². The number of imidazole rings is 1. The van der Waals surface area contributed by atoms with E-state index >= 15 is 0 Å². The Morgan fingerprint density at radius 1 is 1.32 bits per heavy atom. The fourth-order valence-electron chi connectivity index (χ4n) is 3.75. The van der Waals surface area contributed by atoms with E-state index in [4.69, 9.17) is 4.74 Å². The van der Waals surface area contributed by atoms with E-state index in [9.17, 15) is 22.7 Å². The molecule has 0 bridgehead atoms. The van der Waals surface area contributed by atoms with Gasteiger partial charge in [0.2, 0.25) is 10.0 Å². The Labute approximate surface area is 181 Å². The lowest BCUT2D eigenvalue weighted by atomic mass is 9.96. The summed E-state index contributed by atoms with van der Waals surface area (Å²) in [5.74, 6) is -0.286. The minimum absolute atomic E-state index is 0.0230. The molecule has 0 radical (unpaired) electrons. The molecule has 0 aliphatic carbocycles. The van der Waals surface area contributed by atoms with Crippen LogP contribution in [0.2, 0.25) is 0 Å². The highest BCUT2D eigenvalue weighted by atomic mass is 32.2. The summed E-state index contributed by atoms with van der Waals surface area (Å²) in [4.78, 5) is 19.5. The van der Waals surface area contributed by atoms with Crippen LogP contribution >= 0.6 is 0 Å². The molecule has 1 saturated heterocycles. The first-order valence-electron chi connectivity index (χ1n) is 10.2. The van der Waals surface area contributed by atoms with Gasteiger partial charge in [0.25, 0.3) is 0 Å². The molecule has 170 valence electrons. The smallest absolute Gasteiger partial charge is 0.308 e. The molecular formula is C21H28FN3O5S. The molecule has 2 heterocycles. The summed E-state index contributed by atoms with van der Waals surface area (Å²) < 4.78 is 45.3. The highest BCUT2D eigenvalue weighted by molar-refractivity contribution is 7.88. The maximum absolute atomic E-state index is 13.3. The summed E-state index contributed by atoms with van der Waals surface area (Å²) in [6.45, 7) is 3.92. The van der Waals surface area contributed by atoms with Crippen molar-refractivity contribution in [2.75, 3.05) is 6.26 Å². The molecule has 3 rings (SSSR count). The Morgan fingerprint density at radius 3 is 2.58 bits per heavy atom. The highest BCUT2D eigenvalue weighted by Gasteiger charge is 2.30. The number of nitrogens with one attached hydrogen (secondary N) is 2.